The molecule has 20 heavy (non-hydrogen) atoms. The second kappa shape index (κ2) is 7.78. The maximum atomic E-state index is 11.0. The molecular weight excluding hydrogens is 254 g/mol. The number of ether oxygens (including phenoxy) is 1. The summed E-state index contributed by atoms with van der Waals surface area (Å²) < 4.78 is 5.29. The summed E-state index contributed by atoms with van der Waals surface area (Å²) in [5.41, 5.74) is 2.33. The lowest BCUT2D eigenvalue weighted by atomic mass is 9.96. The first-order valence-electron chi connectivity index (χ1n) is 7.03. The summed E-state index contributed by atoms with van der Waals surface area (Å²) in [5.74, 6) is -0.0325. The van der Waals surface area contributed by atoms with Gasteiger partial charge >= 0.3 is 5.97 Å². The number of piperidine rings is 1. The Morgan fingerprint density at radius 2 is 1.90 bits per heavy atom. The molecule has 1 rings (SSSR count). The molecule has 4 heteroatoms. The summed E-state index contributed by atoms with van der Waals surface area (Å²) in [7, 11) is 1.66. The minimum atomic E-state index is -0.669. The summed E-state index contributed by atoms with van der Waals surface area (Å²) in [6, 6.07) is 0. The smallest absolute Gasteiger partial charge is 0.306 e. The molecule has 0 atom stereocenters. The van der Waals surface area contributed by atoms with Gasteiger partial charge in [0.05, 0.1) is 13.0 Å². The van der Waals surface area contributed by atoms with Gasteiger partial charge in [0.15, 0.2) is 0 Å². The zero-order valence-electron chi connectivity index (χ0n) is 12.8. The van der Waals surface area contributed by atoms with Gasteiger partial charge in [-0.3, -0.25) is 4.79 Å². The normalized spacial score (nSPS) is 19.2. The predicted molar refractivity (Wildman–Crippen MR) is 80.2 cm³/mol. The van der Waals surface area contributed by atoms with Gasteiger partial charge in [-0.2, -0.15) is 0 Å². The van der Waals surface area contributed by atoms with Crippen molar-refractivity contribution in [2.45, 2.75) is 33.6 Å². The van der Waals surface area contributed by atoms with Crippen LogP contribution in [0.5, 0.6) is 0 Å². The molecule has 0 amide bonds. The summed E-state index contributed by atoms with van der Waals surface area (Å²) in [4.78, 5) is 13.2. The summed E-state index contributed by atoms with van der Waals surface area (Å²) in [6.07, 6.45) is 7.31. The van der Waals surface area contributed by atoms with Gasteiger partial charge < -0.3 is 14.7 Å². The molecule has 112 valence electrons. The number of nitrogens with zero attached hydrogens (tertiary/aromatic N) is 1. The number of allylic oxidation sites excluding steroid dienone is 5. The first-order valence-corrected chi connectivity index (χ1v) is 7.03. The highest BCUT2D eigenvalue weighted by Crippen LogP contribution is 2.22. The SMILES string of the molecule is C\C=C/C(=C\C(C)=C(/C)N1CCC(C(=O)O)CC1)OC. The van der Waals surface area contributed by atoms with Gasteiger partial charge in [-0.05, 0) is 51.3 Å². The van der Waals surface area contributed by atoms with Crippen LogP contribution in [0, 0.1) is 5.92 Å². The first kappa shape index (κ1) is 16.3. The maximum absolute atomic E-state index is 11.0. The Labute approximate surface area is 121 Å². The Bertz CT molecular complexity index is 427. The summed E-state index contributed by atoms with van der Waals surface area (Å²) in [5, 5.41) is 9.02. The van der Waals surface area contributed by atoms with Gasteiger partial charge in [0.1, 0.15) is 5.76 Å². The molecule has 1 heterocycles. The Kier molecular flexibility index (Phi) is 6.36. The molecule has 0 bridgehead atoms. The molecule has 1 saturated heterocycles. The lowest BCUT2D eigenvalue weighted by Crippen LogP contribution is -2.35. The molecule has 0 aromatic carbocycles. The zero-order valence-corrected chi connectivity index (χ0v) is 12.8. The molecule has 1 N–H and O–H groups in total. The number of carboxylic acids is 1. The number of rotatable bonds is 5. The minimum Gasteiger partial charge on any atom is -0.497 e. The van der Waals surface area contributed by atoms with Crippen molar-refractivity contribution in [2.75, 3.05) is 20.2 Å². The third-order valence-corrected chi connectivity index (χ3v) is 3.81. The third kappa shape index (κ3) is 4.44. The number of carboxylic acid groups (broad SMARTS) is 1. The maximum Gasteiger partial charge on any atom is 0.306 e. The predicted octanol–water partition coefficient (Wildman–Crippen LogP) is 3.18. The van der Waals surface area contributed by atoms with Crippen molar-refractivity contribution in [3.63, 3.8) is 0 Å². The van der Waals surface area contributed by atoms with Gasteiger partial charge in [-0.15, -0.1) is 0 Å². The summed E-state index contributed by atoms with van der Waals surface area (Å²) in [6.45, 7) is 7.70. The Morgan fingerprint density at radius 3 is 2.35 bits per heavy atom. The highest BCUT2D eigenvalue weighted by atomic mass is 16.5. The van der Waals surface area contributed by atoms with Crippen LogP contribution < -0.4 is 0 Å². The fraction of sp³-hybridized carbons (Fsp3) is 0.562. The Balaban J connectivity index is 2.75. The van der Waals surface area contributed by atoms with Crippen molar-refractivity contribution in [2.24, 2.45) is 5.92 Å². The van der Waals surface area contributed by atoms with Crippen LogP contribution in [0.3, 0.4) is 0 Å². The van der Waals surface area contributed by atoms with E-state index >= 15 is 0 Å². The second-order valence-electron chi connectivity index (χ2n) is 5.12. The highest BCUT2D eigenvalue weighted by molar-refractivity contribution is 5.70. The van der Waals surface area contributed by atoms with Crippen molar-refractivity contribution in [1.29, 1.82) is 0 Å². The Hall–Kier alpha value is -1.71. The van der Waals surface area contributed by atoms with Gasteiger partial charge in [-0.1, -0.05) is 6.08 Å². The van der Waals surface area contributed by atoms with E-state index in [1.807, 2.05) is 25.2 Å². The molecule has 1 fully saturated rings. The Morgan fingerprint density at radius 1 is 1.30 bits per heavy atom. The molecule has 4 nitrogen and oxygen atoms in total. The quantitative estimate of drug-likeness (QED) is 0.620. The first-order chi connectivity index (χ1) is 9.49. The minimum absolute atomic E-state index is 0.188. The van der Waals surface area contributed by atoms with Gasteiger partial charge in [0, 0.05) is 18.8 Å². The topological polar surface area (TPSA) is 49.8 Å². The number of likely N-dealkylation sites (tertiary alicyclic amines) is 1. The van der Waals surface area contributed by atoms with E-state index in [1.165, 1.54) is 5.70 Å². The highest BCUT2D eigenvalue weighted by Gasteiger charge is 2.24. The fourth-order valence-electron chi connectivity index (χ4n) is 2.37. The number of aliphatic carboxylic acids is 1. The van der Waals surface area contributed by atoms with Crippen molar-refractivity contribution in [1.82, 2.24) is 4.90 Å². The van der Waals surface area contributed by atoms with Crippen LogP contribution in [0.2, 0.25) is 0 Å². The number of methoxy groups -OCH3 is 1. The van der Waals surface area contributed by atoms with Crippen LogP contribution >= 0.6 is 0 Å². The van der Waals surface area contributed by atoms with Crippen LogP contribution in [0.15, 0.2) is 35.3 Å². The molecule has 1 aliphatic heterocycles. The lowest BCUT2D eigenvalue weighted by Gasteiger charge is -2.33. The van der Waals surface area contributed by atoms with Crippen LogP contribution in [-0.4, -0.2) is 36.2 Å². The lowest BCUT2D eigenvalue weighted by molar-refractivity contribution is -0.143. The van der Waals surface area contributed by atoms with Crippen LogP contribution in [0.25, 0.3) is 0 Å². The van der Waals surface area contributed by atoms with E-state index in [2.05, 4.69) is 18.7 Å². The van der Waals surface area contributed by atoms with Crippen molar-refractivity contribution in [3.05, 3.63) is 35.3 Å². The number of hydrogen-bond acceptors (Lipinski definition) is 3. The van der Waals surface area contributed by atoms with Gasteiger partial charge in [0.25, 0.3) is 0 Å². The molecule has 0 aromatic rings. The second-order valence-corrected chi connectivity index (χ2v) is 5.12. The van der Waals surface area contributed by atoms with Crippen LogP contribution in [-0.2, 0) is 9.53 Å². The average molecular weight is 279 g/mol. The zero-order chi connectivity index (χ0) is 15.1. The number of carbonyl (C=O) groups is 1. The molecular formula is C16H25NO3. The van der Waals surface area contributed by atoms with E-state index in [-0.39, 0.29) is 5.92 Å². The average Bonchev–Trinajstić information content (AvgIpc) is 2.45. The van der Waals surface area contributed by atoms with Gasteiger partial charge in [-0.25, -0.2) is 0 Å². The van der Waals surface area contributed by atoms with Crippen molar-refractivity contribution < 1.29 is 14.6 Å². The molecule has 0 radical (unpaired) electrons. The van der Waals surface area contributed by atoms with Crippen LogP contribution in [0.4, 0.5) is 0 Å². The summed E-state index contributed by atoms with van der Waals surface area (Å²) >= 11 is 0. The van der Waals surface area contributed by atoms with Gasteiger partial charge in [0.2, 0.25) is 0 Å². The van der Waals surface area contributed by atoms with E-state index < -0.39 is 5.97 Å². The standard InChI is InChI=1S/C16H25NO3/c1-5-6-15(20-4)11-12(2)13(3)17-9-7-14(8-10-17)16(18)19/h5-6,11,14H,7-10H2,1-4H3,(H,18,19)/b6-5-,13-12+,15-11+. The van der Waals surface area contributed by atoms with Crippen LogP contribution in [0.1, 0.15) is 33.6 Å². The van der Waals surface area contributed by atoms with Crippen molar-refractivity contribution >= 4 is 5.97 Å². The van der Waals surface area contributed by atoms with E-state index in [0.29, 0.717) is 0 Å². The fourth-order valence-corrected chi connectivity index (χ4v) is 2.37. The van der Waals surface area contributed by atoms with E-state index in [0.717, 1.165) is 37.3 Å². The van der Waals surface area contributed by atoms with E-state index in [1.54, 1.807) is 7.11 Å². The molecule has 0 spiro atoms. The molecule has 0 aliphatic carbocycles. The largest absolute Gasteiger partial charge is 0.497 e. The van der Waals surface area contributed by atoms with Crippen molar-refractivity contribution in [3.8, 4) is 0 Å². The molecule has 0 aromatic heterocycles. The number of hydrogen-bond donors (Lipinski definition) is 1. The monoisotopic (exact) mass is 279 g/mol. The molecule has 0 saturated carbocycles. The molecule has 1 aliphatic rings. The molecule has 0 unspecified atom stereocenters. The van der Waals surface area contributed by atoms with E-state index in [9.17, 15) is 4.79 Å². The third-order valence-electron chi connectivity index (χ3n) is 3.81. The van der Waals surface area contributed by atoms with E-state index in [4.69, 9.17) is 9.84 Å².